The van der Waals surface area contributed by atoms with Gasteiger partial charge in [-0.1, -0.05) is 12.1 Å². The molecule has 0 saturated carbocycles. The predicted octanol–water partition coefficient (Wildman–Crippen LogP) is 3.18. The minimum atomic E-state index is -4.30. The monoisotopic (exact) mass is 203 g/mol. The van der Waals surface area contributed by atoms with E-state index in [4.69, 9.17) is 4.74 Å². The zero-order valence-corrected chi connectivity index (χ0v) is 7.64. The first-order valence-corrected chi connectivity index (χ1v) is 3.99. The van der Waals surface area contributed by atoms with Gasteiger partial charge >= 0.3 is 6.18 Å². The third-order valence-corrected chi connectivity index (χ3v) is 1.91. The molecule has 1 aromatic carbocycles. The maximum absolute atomic E-state index is 12.2. The van der Waals surface area contributed by atoms with Crippen LogP contribution in [0.1, 0.15) is 11.5 Å². The molecule has 1 rings (SSSR count). The Morgan fingerprint density at radius 3 is 2.07 bits per heavy atom. The van der Waals surface area contributed by atoms with Crippen LogP contribution in [0, 0.1) is 6.92 Å². The second kappa shape index (κ2) is 3.90. The van der Waals surface area contributed by atoms with Crippen LogP contribution in [0.25, 0.3) is 0 Å². The van der Waals surface area contributed by atoms with Crippen molar-refractivity contribution < 1.29 is 17.9 Å². The van der Waals surface area contributed by atoms with E-state index < -0.39 is 12.1 Å². The molecule has 0 spiro atoms. The summed E-state index contributed by atoms with van der Waals surface area (Å²) in [6.45, 7) is 3.07. The lowest BCUT2D eigenvalue weighted by atomic mass is 10.0. The molecule has 1 radical (unpaired) electrons. The Bertz CT molecular complexity index is 289. The molecule has 1 nitrogen and oxygen atoms in total. The van der Waals surface area contributed by atoms with Crippen LogP contribution in [0.5, 0.6) is 5.75 Å². The van der Waals surface area contributed by atoms with Crippen molar-refractivity contribution in [3.63, 3.8) is 0 Å². The summed E-state index contributed by atoms with van der Waals surface area (Å²) < 4.78 is 41.5. The molecule has 0 bridgehead atoms. The van der Waals surface area contributed by atoms with Crippen LogP contribution in [-0.4, -0.2) is 13.3 Å². The number of methoxy groups -OCH3 is 1. The van der Waals surface area contributed by atoms with Crippen LogP contribution in [0.3, 0.4) is 0 Å². The Kier molecular flexibility index (Phi) is 3.03. The smallest absolute Gasteiger partial charge is 0.395 e. The first-order valence-electron chi connectivity index (χ1n) is 3.99. The zero-order valence-electron chi connectivity index (χ0n) is 7.64. The molecular weight excluding hydrogens is 193 g/mol. The summed E-state index contributed by atoms with van der Waals surface area (Å²) in [7, 11) is 1.46. The maximum atomic E-state index is 12.2. The normalized spacial score (nSPS) is 13.8. The van der Waals surface area contributed by atoms with Crippen LogP contribution < -0.4 is 4.74 Å². The van der Waals surface area contributed by atoms with Gasteiger partial charge in [0.1, 0.15) is 5.75 Å². The van der Waals surface area contributed by atoms with E-state index in [0.717, 1.165) is 0 Å². The Morgan fingerprint density at radius 1 is 1.21 bits per heavy atom. The van der Waals surface area contributed by atoms with E-state index in [2.05, 4.69) is 6.92 Å². The highest BCUT2D eigenvalue weighted by molar-refractivity contribution is 5.30. The van der Waals surface area contributed by atoms with Crippen LogP contribution in [0.4, 0.5) is 13.2 Å². The maximum Gasteiger partial charge on any atom is 0.395 e. The highest BCUT2D eigenvalue weighted by atomic mass is 19.4. The number of hydrogen-bond donors (Lipinski definition) is 0. The molecule has 0 amide bonds. The minimum absolute atomic E-state index is 0.137. The molecule has 1 unspecified atom stereocenters. The van der Waals surface area contributed by atoms with Crippen molar-refractivity contribution in [3.8, 4) is 5.75 Å². The summed E-state index contributed by atoms with van der Waals surface area (Å²) in [5.41, 5.74) is 0.137. The van der Waals surface area contributed by atoms with E-state index in [1.54, 1.807) is 0 Å². The van der Waals surface area contributed by atoms with Gasteiger partial charge in [0, 0.05) is 0 Å². The molecule has 4 heteroatoms. The number of rotatable bonds is 2. The van der Waals surface area contributed by atoms with Gasteiger partial charge in [-0.2, -0.15) is 13.2 Å². The highest BCUT2D eigenvalue weighted by Gasteiger charge is 2.36. The lowest BCUT2D eigenvalue weighted by molar-refractivity contribution is -0.140. The summed E-state index contributed by atoms with van der Waals surface area (Å²) in [4.78, 5) is 0. The third kappa shape index (κ3) is 2.40. The van der Waals surface area contributed by atoms with E-state index in [0.29, 0.717) is 5.75 Å². The Labute approximate surface area is 80.5 Å². The van der Waals surface area contributed by atoms with Crippen molar-refractivity contribution in [2.75, 3.05) is 7.11 Å². The predicted molar refractivity (Wildman–Crippen MR) is 47.1 cm³/mol. The number of benzene rings is 1. The molecular formula is C10H10F3O. The molecule has 0 aliphatic carbocycles. The second-order valence-electron chi connectivity index (χ2n) is 2.87. The summed E-state index contributed by atoms with van der Waals surface area (Å²) >= 11 is 0. The molecule has 1 aromatic rings. The fourth-order valence-electron chi connectivity index (χ4n) is 1.03. The van der Waals surface area contributed by atoms with Gasteiger partial charge in [0.25, 0.3) is 0 Å². The van der Waals surface area contributed by atoms with Crippen LogP contribution in [0.15, 0.2) is 24.3 Å². The van der Waals surface area contributed by atoms with Crippen LogP contribution in [-0.2, 0) is 0 Å². The number of alkyl halides is 3. The zero-order chi connectivity index (χ0) is 10.8. The van der Waals surface area contributed by atoms with Crippen molar-refractivity contribution >= 4 is 0 Å². The van der Waals surface area contributed by atoms with Crippen molar-refractivity contribution in [1.82, 2.24) is 0 Å². The van der Waals surface area contributed by atoms with Gasteiger partial charge in [-0.05, 0) is 24.6 Å². The Balaban J connectivity index is 2.87. The van der Waals surface area contributed by atoms with Crippen molar-refractivity contribution in [2.24, 2.45) is 0 Å². The SMILES string of the molecule is [CH2]C(c1ccc(OC)cc1)C(F)(F)F. The average molecular weight is 203 g/mol. The number of halogens is 3. The van der Waals surface area contributed by atoms with Crippen molar-refractivity contribution in [2.45, 2.75) is 12.1 Å². The van der Waals surface area contributed by atoms with Gasteiger partial charge < -0.3 is 4.74 Å². The number of ether oxygens (including phenoxy) is 1. The van der Waals surface area contributed by atoms with Gasteiger partial charge in [-0.15, -0.1) is 0 Å². The molecule has 0 N–H and O–H groups in total. The molecule has 0 heterocycles. The first-order chi connectivity index (χ1) is 6.45. The Hall–Kier alpha value is -1.19. The molecule has 0 aromatic heterocycles. The van der Waals surface area contributed by atoms with Gasteiger partial charge in [0.15, 0.2) is 0 Å². The fourth-order valence-corrected chi connectivity index (χ4v) is 1.03. The lowest BCUT2D eigenvalue weighted by Crippen LogP contribution is -2.17. The molecule has 0 fully saturated rings. The summed E-state index contributed by atoms with van der Waals surface area (Å²) in [6.07, 6.45) is -4.30. The molecule has 14 heavy (non-hydrogen) atoms. The van der Waals surface area contributed by atoms with Gasteiger partial charge in [-0.3, -0.25) is 0 Å². The van der Waals surface area contributed by atoms with E-state index in [9.17, 15) is 13.2 Å². The standard InChI is InChI=1S/C10H10F3O/c1-7(10(11,12)13)8-3-5-9(14-2)6-4-8/h3-7H,1H2,2H3. The topological polar surface area (TPSA) is 9.23 Å². The van der Waals surface area contributed by atoms with Gasteiger partial charge in [0.05, 0.1) is 13.0 Å². The fraction of sp³-hybridized carbons (Fsp3) is 0.300. The Morgan fingerprint density at radius 2 is 1.71 bits per heavy atom. The largest absolute Gasteiger partial charge is 0.497 e. The van der Waals surface area contributed by atoms with Gasteiger partial charge in [-0.25, -0.2) is 0 Å². The summed E-state index contributed by atoms with van der Waals surface area (Å²) in [5.74, 6) is -1.16. The van der Waals surface area contributed by atoms with E-state index in [1.165, 1.54) is 31.4 Å². The molecule has 77 valence electrons. The van der Waals surface area contributed by atoms with Gasteiger partial charge in [0.2, 0.25) is 0 Å². The van der Waals surface area contributed by atoms with E-state index >= 15 is 0 Å². The minimum Gasteiger partial charge on any atom is -0.497 e. The first kappa shape index (κ1) is 10.9. The third-order valence-electron chi connectivity index (χ3n) is 1.91. The van der Waals surface area contributed by atoms with Crippen LogP contribution in [0.2, 0.25) is 0 Å². The average Bonchev–Trinajstić information content (AvgIpc) is 2.15. The summed E-state index contributed by atoms with van der Waals surface area (Å²) in [6, 6.07) is 5.70. The van der Waals surface area contributed by atoms with Crippen molar-refractivity contribution in [1.29, 1.82) is 0 Å². The van der Waals surface area contributed by atoms with Crippen LogP contribution >= 0.6 is 0 Å². The molecule has 0 aliphatic heterocycles. The van der Waals surface area contributed by atoms with E-state index in [-0.39, 0.29) is 5.56 Å². The molecule has 0 saturated heterocycles. The lowest BCUT2D eigenvalue weighted by Gasteiger charge is -2.15. The summed E-state index contributed by atoms with van der Waals surface area (Å²) in [5, 5.41) is 0. The highest BCUT2D eigenvalue weighted by Crippen LogP contribution is 2.34. The van der Waals surface area contributed by atoms with E-state index in [1.807, 2.05) is 0 Å². The van der Waals surface area contributed by atoms with Crippen molar-refractivity contribution in [3.05, 3.63) is 36.8 Å². The second-order valence-corrected chi connectivity index (χ2v) is 2.87. The number of hydrogen-bond acceptors (Lipinski definition) is 1. The molecule has 0 aliphatic rings. The molecule has 1 atom stereocenters. The quantitative estimate of drug-likeness (QED) is 0.717.